The summed E-state index contributed by atoms with van der Waals surface area (Å²) in [4.78, 5) is 23.6. The van der Waals surface area contributed by atoms with Gasteiger partial charge in [0.2, 0.25) is 6.41 Å². The Hall–Kier alpha value is -2.14. The minimum absolute atomic E-state index is 0.229. The van der Waals surface area contributed by atoms with Gasteiger partial charge in [0, 0.05) is 4.47 Å². The average molecular weight is 334 g/mol. The highest BCUT2D eigenvalue weighted by atomic mass is 79.9. The summed E-state index contributed by atoms with van der Waals surface area (Å²) in [5.41, 5.74) is 1.86. The van der Waals surface area contributed by atoms with E-state index in [1.807, 2.05) is 24.3 Å². The molecule has 0 spiro atoms. The van der Waals surface area contributed by atoms with Crippen molar-refractivity contribution in [3.05, 3.63) is 64.1 Å². The maximum Gasteiger partial charge on any atom is 0.335 e. The normalized spacial score (nSPS) is 10.1. The molecule has 1 amide bonds. The molecular weight excluding hydrogens is 322 g/mol. The van der Waals surface area contributed by atoms with Crippen molar-refractivity contribution in [2.75, 3.05) is 4.90 Å². The Labute approximate surface area is 124 Å². The van der Waals surface area contributed by atoms with Crippen LogP contribution in [-0.4, -0.2) is 17.5 Å². The van der Waals surface area contributed by atoms with E-state index in [0.717, 1.165) is 22.1 Å². The zero-order valence-corrected chi connectivity index (χ0v) is 12.1. The molecule has 0 unspecified atom stereocenters. The van der Waals surface area contributed by atoms with Crippen LogP contribution in [0.1, 0.15) is 15.9 Å². The van der Waals surface area contributed by atoms with Crippen molar-refractivity contribution in [2.45, 2.75) is 6.54 Å². The van der Waals surface area contributed by atoms with Crippen molar-refractivity contribution in [1.29, 1.82) is 0 Å². The number of para-hydroxylation sites is 1. The van der Waals surface area contributed by atoms with Gasteiger partial charge in [-0.05, 0) is 45.8 Å². The third-order valence-corrected chi connectivity index (χ3v) is 3.51. The van der Waals surface area contributed by atoms with Crippen LogP contribution in [0.5, 0.6) is 0 Å². The molecule has 2 aromatic rings. The summed E-state index contributed by atoms with van der Waals surface area (Å²) in [7, 11) is 0. The fourth-order valence-corrected chi connectivity index (χ4v) is 2.33. The van der Waals surface area contributed by atoms with Gasteiger partial charge < -0.3 is 10.0 Å². The van der Waals surface area contributed by atoms with Crippen molar-refractivity contribution in [2.24, 2.45) is 0 Å². The highest BCUT2D eigenvalue weighted by molar-refractivity contribution is 9.10. The van der Waals surface area contributed by atoms with Gasteiger partial charge in [0.15, 0.2) is 0 Å². The molecule has 0 heterocycles. The van der Waals surface area contributed by atoms with E-state index < -0.39 is 5.97 Å². The van der Waals surface area contributed by atoms with Gasteiger partial charge in [0.1, 0.15) is 0 Å². The van der Waals surface area contributed by atoms with Gasteiger partial charge in [-0.1, -0.05) is 24.3 Å². The first-order valence-electron chi connectivity index (χ1n) is 5.90. The van der Waals surface area contributed by atoms with E-state index in [1.165, 1.54) is 12.1 Å². The molecule has 0 saturated heterocycles. The minimum Gasteiger partial charge on any atom is -0.478 e. The summed E-state index contributed by atoms with van der Waals surface area (Å²) in [6, 6.07) is 13.9. The molecule has 5 heteroatoms. The molecule has 0 aliphatic rings. The Morgan fingerprint density at radius 1 is 1.15 bits per heavy atom. The lowest BCUT2D eigenvalue weighted by molar-refractivity contribution is -0.107. The summed E-state index contributed by atoms with van der Waals surface area (Å²) >= 11 is 3.40. The predicted octanol–water partition coefficient (Wildman–Crippen LogP) is 3.31. The van der Waals surface area contributed by atoms with Crippen molar-refractivity contribution < 1.29 is 14.7 Å². The van der Waals surface area contributed by atoms with E-state index in [0.29, 0.717) is 6.54 Å². The number of rotatable bonds is 5. The van der Waals surface area contributed by atoms with Crippen molar-refractivity contribution in [3.63, 3.8) is 0 Å². The summed E-state index contributed by atoms with van der Waals surface area (Å²) in [6.07, 6.45) is 0.755. The molecule has 1 N–H and O–H groups in total. The second-order valence-corrected chi connectivity index (χ2v) is 5.04. The maximum atomic E-state index is 11.2. The molecule has 0 saturated carbocycles. The van der Waals surface area contributed by atoms with Gasteiger partial charge in [-0.25, -0.2) is 4.79 Å². The van der Waals surface area contributed by atoms with Crippen LogP contribution >= 0.6 is 15.9 Å². The molecule has 0 aromatic heterocycles. The van der Waals surface area contributed by atoms with Crippen LogP contribution in [0, 0.1) is 0 Å². The van der Waals surface area contributed by atoms with Gasteiger partial charge in [0.05, 0.1) is 17.8 Å². The monoisotopic (exact) mass is 333 g/mol. The highest BCUT2D eigenvalue weighted by Crippen LogP contribution is 2.26. The number of nitrogens with zero attached hydrogens (tertiary/aromatic N) is 1. The van der Waals surface area contributed by atoms with E-state index in [-0.39, 0.29) is 5.56 Å². The molecule has 102 valence electrons. The van der Waals surface area contributed by atoms with Gasteiger partial charge in [0.25, 0.3) is 0 Å². The summed E-state index contributed by atoms with van der Waals surface area (Å²) in [5.74, 6) is -0.963. The summed E-state index contributed by atoms with van der Waals surface area (Å²) < 4.78 is 0.828. The molecule has 2 rings (SSSR count). The molecule has 2 aromatic carbocycles. The van der Waals surface area contributed by atoms with Gasteiger partial charge in [-0.15, -0.1) is 0 Å². The van der Waals surface area contributed by atoms with Crippen molar-refractivity contribution in [3.8, 4) is 0 Å². The third kappa shape index (κ3) is 3.24. The smallest absolute Gasteiger partial charge is 0.335 e. The maximum absolute atomic E-state index is 11.2. The lowest BCUT2D eigenvalue weighted by atomic mass is 10.1. The third-order valence-electron chi connectivity index (χ3n) is 2.84. The number of amides is 1. The Kier molecular flexibility index (Phi) is 4.53. The summed E-state index contributed by atoms with van der Waals surface area (Å²) in [6.45, 7) is 0.381. The molecular formula is C15H12BrNO3. The zero-order chi connectivity index (χ0) is 14.5. The van der Waals surface area contributed by atoms with Crippen molar-refractivity contribution >= 4 is 34.0 Å². The molecule has 0 radical (unpaired) electrons. The van der Waals surface area contributed by atoms with Crippen LogP contribution in [0.2, 0.25) is 0 Å². The molecule has 0 bridgehead atoms. The number of anilines is 1. The molecule has 20 heavy (non-hydrogen) atoms. The lowest BCUT2D eigenvalue weighted by Gasteiger charge is -2.19. The minimum atomic E-state index is -0.963. The lowest BCUT2D eigenvalue weighted by Crippen LogP contribution is -2.20. The number of hydrogen-bond acceptors (Lipinski definition) is 2. The Balaban J connectivity index is 2.20. The van der Waals surface area contributed by atoms with E-state index in [1.54, 1.807) is 17.0 Å². The summed E-state index contributed by atoms with van der Waals surface area (Å²) in [5, 5.41) is 8.85. The van der Waals surface area contributed by atoms with E-state index in [4.69, 9.17) is 5.11 Å². The standard InChI is InChI=1S/C15H12BrNO3/c16-13-3-1-2-4-14(13)17(10-18)9-11-5-7-12(8-6-11)15(19)20/h1-8,10H,9H2,(H,19,20). The van der Waals surface area contributed by atoms with Gasteiger partial charge in [-0.3, -0.25) is 4.79 Å². The van der Waals surface area contributed by atoms with Crippen LogP contribution in [0.3, 0.4) is 0 Å². The van der Waals surface area contributed by atoms with E-state index >= 15 is 0 Å². The number of carboxylic acids is 1. The number of carboxylic acid groups (broad SMARTS) is 1. The first kappa shape index (κ1) is 14.3. The molecule has 0 aliphatic heterocycles. The number of halogens is 1. The number of carbonyl (C=O) groups is 2. The second kappa shape index (κ2) is 6.34. The van der Waals surface area contributed by atoms with E-state index in [2.05, 4.69) is 15.9 Å². The Bertz CT molecular complexity index is 625. The average Bonchev–Trinajstić information content (AvgIpc) is 2.46. The first-order valence-corrected chi connectivity index (χ1v) is 6.70. The molecule has 4 nitrogen and oxygen atoms in total. The topological polar surface area (TPSA) is 57.6 Å². The largest absolute Gasteiger partial charge is 0.478 e. The molecule has 0 aliphatic carbocycles. The van der Waals surface area contributed by atoms with Gasteiger partial charge >= 0.3 is 5.97 Å². The molecule has 0 atom stereocenters. The SMILES string of the molecule is O=CN(Cc1ccc(C(=O)O)cc1)c1ccccc1Br. The number of aromatic carboxylic acids is 1. The number of hydrogen-bond donors (Lipinski definition) is 1. The van der Waals surface area contributed by atoms with Crippen LogP contribution in [-0.2, 0) is 11.3 Å². The van der Waals surface area contributed by atoms with Crippen LogP contribution in [0.15, 0.2) is 53.0 Å². The predicted molar refractivity (Wildman–Crippen MR) is 79.8 cm³/mol. The first-order chi connectivity index (χ1) is 9.61. The number of carbonyl (C=O) groups excluding carboxylic acids is 1. The fourth-order valence-electron chi connectivity index (χ4n) is 1.81. The van der Waals surface area contributed by atoms with Crippen LogP contribution < -0.4 is 4.90 Å². The molecule has 0 fully saturated rings. The number of benzene rings is 2. The Morgan fingerprint density at radius 3 is 2.35 bits per heavy atom. The second-order valence-electron chi connectivity index (χ2n) is 4.19. The van der Waals surface area contributed by atoms with Gasteiger partial charge in [-0.2, -0.15) is 0 Å². The van der Waals surface area contributed by atoms with Crippen LogP contribution in [0.25, 0.3) is 0 Å². The Morgan fingerprint density at radius 2 is 1.80 bits per heavy atom. The van der Waals surface area contributed by atoms with Crippen molar-refractivity contribution in [1.82, 2.24) is 0 Å². The zero-order valence-electron chi connectivity index (χ0n) is 10.5. The quantitative estimate of drug-likeness (QED) is 0.854. The van der Waals surface area contributed by atoms with Crippen LogP contribution in [0.4, 0.5) is 5.69 Å². The highest BCUT2D eigenvalue weighted by Gasteiger charge is 2.10. The van der Waals surface area contributed by atoms with E-state index in [9.17, 15) is 9.59 Å². The fraction of sp³-hybridized carbons (Fsp3) is 0.0667.